The van der Waals surface area contributed by atoms with Crippen molar-refractivity contribution in [2.24, 2.45) is 5.92 Å². The van der Waals surface area contributed by atoms with Gasteiger partial charge in [-0.1, -0.05) is 0 Å². The summed E-state index contributed by atoms with van der Waals surface area (Å²) in [5.74, 6) is 0.709. The number of nitrogens with one attached hydrogen (secondary N) is 2. The first kappa shape index (κ1) is 15.4. The maximum absolute atomic E-state index is 11.7. The Morgan fingerprint density at radius 2 is 2.17 bits per heavy atom. The van der Waals surface area contributed by atoms with Crippen LogP contribution in [0, 0.1) is 5.92 Å². The summed E-state index contributed by atoms with van der Waals surface area (Å²) in [6, 6.07) is -0.129. The molecule has 1 aliphatic rings. The van der Waals surface area contributed by atoms with Gasteiger partial charge in [0.25, 0.3) is 0 Å². The van der Waals surface area contributed by atoms with E-state index in [1.54, 1.807) is 7.11 Å². The lowest BCUT2D eigenvalue weighted by Gasteiger charge is -2.24. The molecule has 1 unspecified atom stereocenters. The van der Waals surface area contributed by atoms with Crippen LogP contribution < -0.4 is 10.6 Å². The van der Waals surface area contributed by atoms with Crippen LogP contribution in [0.5, 0.6) is 0 Å². The van der Waals surface area contributed by atoms with Gasteiger partial charge in [0.15, 0.2) is 0 Å². The second-order valence-electron chi connectivity index (χ2n) is 4.82. The minimum Gasteiger partial charge on any atom is -0.385 e. The summed E-state index contributed by atoms with van der Waals surface area (Å²) >= 11 is 0. The molecule has 18 heavy (non-hydrogen) atoms. The van der Waals surface area contributed by atoms with E-state index in [0.717, 1.165) is 39.0 Å². The first-order valence-electron chi connectivity index (χ1n) is 6.81. The van der Waals surface area contributed by atoms with Gasteiger partial charge in [0.2, 0.25) is 5.91 Å². The summed E-state index contributed by atoms with van der Waals surface area (Å²) in [4.78, 5) is 11.7. The van der Waals surface area contributed by atoms with Crippen LogP contribution in [0.1, 0.15) is 26.2 Å². The van der Waals surface area contributed by atoms with Crippen molar-refractivity contribution in [1.29, 1.82) is 0 Å². The molecule has 1 saturated heterocycles. The number of methoxy groups -OCH3 is 1. The third kappa shape index (κ3) is 6.33. The van der Waals surface area contributed by atoms with Gasteiger partial charge in [-0.3, -0.25) is 4.79 Å². The lowest BCUT2D eigenvalue weighted by atomic mass is 10.0. The van der Waals surface area contributed by atoms with Crippen LogP contribution >= 0.6 is 0 Å². The standard InChI is InChI=1S/C13H26N2O3/c1-11(13(16)14-6-3-7-17-2)15-10-12-4-8-18-9-5-12/h11-12,15H,3-10H2,1-2H3,(H,14,16). The van der Waals surface area contributed by atoms with Gasteiger partial charge in [0.1, 0.15) is 0 Å². The van der Waals surface area contributed by atoms with Gasteiger partial charge in [-0.05, 0) is 38.6 Å². The molecule has 5 nitrogen and oxygen atoms in total. The van der Waals surface area contributed by atoms with E-state index in [1.165, 1.54) is 0 Å². The van der Waals surface area contributed by atoms with Crippen LogP contribution in [0.2, 0.25) is 0 Å². The quantitative estimate of drug-likeness (QED) is 0.624. The molecule has 0 aromatic carbocycles. The predicted octanol–water partition coefficient (Wildman–Crippen LogP) is 0.544. The zero-order valence-electron chi connectivity index (χ0n) is 11.5. The molecule has 1 amide bonds. The summed E-state index contributed by atoms with van der Waals surface area (Å²) in [6.07, 6.45) is 3.04. The highest BCUT2D eigenvalue weighted by Crippen LogP contribution is 2.13. The molecule has 1 atom stereocenters. The lowest BCUT2D eigenvalue weighted by molar-refractivity contribution is -0.122. The average molecular weight is 258 g/mol. The molecule has 0 spiro atoms. The molecule has 1 heterocycles. The van der Waals surface area contributed by atoms with Gasteiger partial charge in [-0.15, -0.1) is 0 Å². The topological polar surface area (TPSA) is 59.6 Å². The summed E-state index contributed by atoms with van der Waals surface area (Å²) in [6.45, 7) is 5.87. The van der Waals surface area contributed by atoms with Crippen LogP contribution in [0.3, 0.4) is 0 Å². The van der Waals surface area contributed by atoms with Gasteiger partial charge < -0.3 is 20.1 Å². The van der Waals surface area contributed by atoms with Crippen molar-refractivity contribution in [1.82, 2.24) is 10.6 Å². The number of carbonyl (C=O) groups excluding carboxylic acids is 1. The van der Waals surface area contributed by atoms with Gasteiger partial charge in [0, 0.05) is 33.5 Å². The second kappa shape index (κ2) is 9.30. The second-order valence-corrected chi connectivity index (χ2v) is 4.82. The van der Waals surface area contributed by atoms with Crippen molar-refractivity contribution >= 4 is 5.91 Å². The molecule has 2 N–H and O–H groups in total. The van der Waals surface area contributed by atoms with Gasteiger partial charge >= 0.3 is 0 Å². The smallest absolute Gasteiger partial charge is 0.236 e. The van der Waals surface area contributed by atoms with Crippen LogP contribution in [0.15, 0.2) is 0 Å². The van der Waals surface area contributed by atoms with Crippen molar-refractivity contribution in [2.75, 3.05) is 40.0 Å². The number of carbonyl (C=O) groups is 1. The minimum absolute atomic E-state index is 0.0677. The van der Waals surface area contributed by atoms with E-state index in [9.17, 15) is 4.79 Å². The highest BCUT2D eigenvalue weighted by Gasteiger charge is 2.17. The fourth-order valence-electron chi connectivity index (χ4n) is 1.97. The van der Waals surface area contributed by atoms with Crippen molar-refractivity contribution < 1.29 is 14.3 Å². The maximum atomic E-state index is 11.7. The first-order valence-corrected chi connectivity index (χ1v) is 6.81. The molecular weight excluding hydrogens is 232 g/mol. The zero-order chi connectivity index (χ0) is 13.2. The Labute approximate surface area is 110 Å². The molecule has 0 aliphatic carbocycles. The van der Waals surface area contributed by atoms with Crippen LogP contribution in [-0.2, 0) is 14.3 Å². The molecule has 5 heteroatoms. The van der Waals surface area contributed by atoms with Crippen molar-refractivity contribution in [3.63, 3.8) is 0 Å². The Morgan fingerprint density at radius 3 is 2.83 bits per heavy atom. The molecule has 0 aromatic rings. The van der Waals surface area contributed by atoms with E-state index in [2.05, 4.69) is 10.6 Å². The van der Waals surface area contributed by atoms with Crippen molar-refractivity contribution in [3.8, 4) is 0 Å². The summed E-state index contributed by atoms with van der Waals surface area (Å²) in [5.41, 5.74) is 0. The van der Waals surface area contributed by atoms with Crippen molar-refractivity contribution in [2.45, 2.75) is 32.2 Å². The first-order chi connectivity index (χ1) is 8.74. The largest absolute Gasteiger partial charge is 0.385 e. The number of ether oxygens (including phenoxy) is 2. The number of rotatable bonds is 8. The molecule has 1 rings (SSSR count). The molecule has 0 aromatic heterocycles. The van der Waals surface area contributed by atoms with Crippen LogP contribution in [-0.4, -0.2) is 52.0 Å². The summed E-state index contributed by atoms with van der Waals surface area (Å²) in [7, 11) is 1.67. The Morgan fingerprint density at radius 1 is 1.44 bits per heavy atom. The lowest BCUT2D eigenvalue weighted by Crippen LogP contribution is -2.44. The Kier molecular flexibility index (Phi) is 7.96. The minimum atomic E-state index is -0.129. The zero-order valence-corrected chi connectivity index (χ0v) is 11.5. The molecule has 1 aliphatic heterocycles. The summed E-state index contributed by atoms with van der Waals surface area (Å²) in [5, 5.41) is 6.19. The van der Waals surface area contributed by atoms with E-state index in [-0.39, 0.29) is 11.9 Å². The predicted molar refractivity (Wildman–Crippen MR) is 70.5 cm³/mol. The van der Waals surface area contributed by atoms with E-state index < -0.39 is 0 Å². The Balaban J connectivity index is 2.07. The monoisotopic (exact) mass is 258 g/mol. The van der Waals surface area contributed by atoms with E-state index in [4.69, 9.17) is 9.47 Å². The Hall–Kier alpha value is -0.650. The summed E-state index contributed by atoms with van der Waals surface area (Å²) < 4.78 is 10.2. The van der Waals surface area contributed by atoms with Gasteiger partial charge in [0.05, 0.1) is 6.04 Å². The fourth-order valence-corrected chi connectivity index (χ4v) is 1.97. The molecule has 1 fully saturated rings. The van der Waals surface area contributed by atoms with Gasteiger partial charge in [-0.2, -0.15) is 0 Å². The van der Waals surface area contributed by atoms with Crippen molar-refractivity contribution in [3.05, 3.63) is 0 Å². The third-order valence-corrected chi connectivity index (χ3v) is 3.27. The van der Waals surface area contributed by atoms with E-state index in [0.29, 0.717) is 19.1 Å². The average Bonchev–Trinajstić information content (AvgIpc) is 2.42. The number of hydrogen-bond acceptors (Lipinski definition) is 4. The highest BCUT2D eigenvalue weighted by molar-refractivity contribution is 5.81. The Bertz CT molecular complexity index is 230. The normalized spacial score (nSPS) is 18.6. The molecule has 0 saturated carbocycles. The molecule has 106 valence electrons. The molecule has 0 radical (unpaired) electrons. The maximum Gasteiger partial charge on any atom is 0.236 e. The fraction of sp³-hybridized carbons (Fsp3) is 0.923. The van der Waals surface area contributed by atoms with Crippen LogP contribution in [0.25, 0.3) is 0 Å². The third-order valence-electron chi connectivity index (χ3n) is 3.27. The molecular formula is C13H26N2O3. The van der Waals surface area contributed by atoms with Crippen LogP contribution in [0.4, 0.5) is 0 Å². The number of hydrogen-bond donors (Lipinski definition) is 2. The number of amides is 1. The van der Waals surface area contributed by atoms with Gasteiger partial charge in [-0.25, -0.2) is 0 Å². The van der Waals surface area contributed by atoms with E-state index >= 15 is 0 Å². The SMILES string of the molecule is COCCCNC(=O)C(C)NCC1CCOCC1. The van der Waals surface area contributed by atoms with E-state index in [1.807, 2.05) is 6.92 Å². The molecule has 0 bridgehead atoms. The highest BCUT2D eigenvalue weighted by atomic mass is 16.5.